The predicted octanol–water partition coefficient (Wildman–Crippen LogP) is 3.65. The van der Waals surface area contributed by atoms with Crippen molar-refractivity contribution in [1.82, 2.24) is 4.98 Å². The van der Waals surface area contributed by atoms with Crippen LogP contribution in [0.4, 0.5) is 5.13 Å². The summed E-state index contributed by atoms with van der Waals surface area (Å²) in [7, 11) is -3.71. The third-order valence-electron chi connectivity index (χ3n) is 3.74. The Morgan fingerprint density at radius 3 is 2.59 bits per heavy atom. The molecule has 9 heteroatoms. The first-order chi connectivity index (χ1) is 13.0. The Hall–Kier alpha value is -3.01. The lowest BCUT2D eigenvalue weighted by atomic mass is 10.2. The summed E-state index contributed by atoms with van der Waals surface area (Å²) in [5.41, 5.74) is 4.55. The normalized spacial score (nSPS) is 12.0. The molecule has 0 saturated heterocycles. The van der Waals surface area contributed by atoms with E-state index in [1.807, 2.05) is 24.3 Å². The van der Waals surface area contributed by atoms with E-state index in [1.165, 1.54) is 23.5 Å². The van der Waals surface area contributed by atoms with Crippen molar-refractivity contribution in [2.75, 3.05) is 5.43 Å². The first-order valence-corrected chi connectivity index (χ1v) is 10.2. The number of fused-ring (bicyclic) bond motifs is 1. The Morgan fingerprint density at radius 2 is 1.85 bits per heavy atom. The number of primary sulfonamides is 1. The van der Waals surface area contributed by atoms with Gasteiger partial charge >= 0.3 is 0 Å². The van der Waals surface area contributed by atoms with Crippen LogP contribution in [0.2, 0.25) is 0 Å². The van der Waals surface area contributed by atoms with E-state index in [4.69, 9.17) is 9.56 Å². The fourth-order valence-electron chi connectivity index (χ4n) is 2.46. The Labute approximate surface area is 159 Å². The van der Waals surface area contributed by atoms with Gasteiger partial charge in [-0.2, -0.15) is 5.10 Å². The number of para-hydroxylation sites is 1. The maximum absolute atomic E-state index is 11.3. The summed E-state index contributed by atoms with van der Waals surface area (Å²) >= 11 is 1.51. The summed E-state index contributed by atoms with van der Waals surface area (Å²) in [6.07, 6.45) is 1.55. The van der Waals surface area contributed by atoms with Crippen LogP contribution in [0.15, 0.2) is 75.1 Å². The van der Waals surface area contributed by atoms with E-state index in [0.29, 0.717) is 16.7 Å². The van der Waals surface area contributed by atoms with Crippen LogP contribution in [0.25, 0.3) is 21.5 Å². The van der Waals surface area contributed by atoms with Gasteiger partial charge in [-0.1, -0.05) is 23.5 Å². The summed E-state index contributed by atoms with van der Waals surface area (Å²) in [5.74, 6) is 1.14. The van der Waals surface area contributed by atoms with E-state index >= 15 is 0 Å². The molecule has 3 N–H and O–H groups in total. The number of nitrogens with zero attached hydrogens (tertiary/aromatic N) is 2. The van der Waals surface area contributed by atoms with Gasteiger partial charge < -0.3 is 4.42 Å². The third-order valence-corrected chi connectivity index (χ3v) is 5.61. The molecule has 0 amide bonds. The van der Waals surface area contributed by atoms with Crippen LogP contribution in [0, 0.1) is 0 Å². The summed E-state index contributed by atoms with van der Waals surface area (Å²) in [4.78, 5) is 4.48. The Morgan fingerprint density at radius 1 is 1.07 bits per heavy atom. The first kappa shape index (κ1) is 17.4. The van der Waals surface area contributed by atoms with Crippen LogP contribution in [0.1, 0.15) is 5.76 Å². The summed E-state index contributed by atoms with van der Waals surface area (Å²) < 4.78 is 29.4. The number of nitrogens with two attached hydrogens (primary N) is 1. The van der Waals surface area contributed by atoms with Gasteiger partial charge in [0.05, 0.1) is 21.3 Å². The molecular formula is C18H14N4O3S2. The van der Waals surface area contributed by atoms with Crippen LogP contribution in [0.3, 0.4) is 0 Å². The summed E-state index contributed by atoms with van der Waals surface area (Å²) in [6.45, 7) is 0. The van der Waals surface area contributed by atoms with Crippen LogP contribution in [-0.2, 0) is 10.0 Å². The molecule has 2 heterocycles. The lowest BCUT2D eigenvalue weighted by Crippen LogP contribution is -2.11. The first-order valence-electron chi connectivity index (χ1n) is 7.87. The molecule has 0 atom stereocenters. The van der Waals surface area contributed by atoms with Crippen molar-refractivity contribution < 1.29 is 12.8 Å². The molecule has 7 nitrogen and oxygen atoms in total. The van der Waals surface area contributed by atoms with Crippen LogP contribution < -0.4 is 10.6 Å². The Balaban J connectivity index is 1.46. The number of hydrazone groups is 1. The third kappa shape index (κ3) is 3.90. The molecule has 0 spiro atoms. The highest BCUT2D eigenvalue weighted by molar-refractivity contribution is 7.89. The highest BCUT2D eigenvalue weighted by atomic mass is 32.2. The van der Waals surface area contributed by atoms with Gasteiger partial charge in [0.2, 0.25) is 15.2 Å². The van der Waals surface area contributed by atoms with E-state index in [9.17, 15) is 8.42 Å². The molecule has 0 saturated carbocycles. The van der Waals surface area contributed by atoms with E-state index < -0.39 is 10.0 Å². The average molecular weight is 398 g/mol. The van der Waals surface area contributed by atoms with Crippen molar-refractivity contribution in [2.45, 2.75) is 4.90 Å². The molecule has 2 aromatic carbocycles. The molecular weight excluding hydrogens is 384 g/mol. The minimum Gasteiger partial charge on any atom is -0.455 e. The predicted molar refractivity (Wildman–Crippen MR) is 106 cm³/mol. The molecule has 0 aliphatic rings. The van der Waals surface area contributed by atoms with Gasteiger partial charge in [-0.15, -0.1) is 0 Å². The van der Waals surface area contributed by atoms with Crippen molar-refractivity contribution in [2.24, 2.45) is 10.2 Å². The number of sulfonamides is 1. The molecule has 4 aromatic rings. The topological polar surface area (TPSA) is 111 Å². The van der Waals surface area contributed by atoms with Crippen LogP contribution >= 0.6 is 11.3 Å². The Kier molecular flexibility index (Phi) is 4.48. The molecule has 2 aromatic heterocycles. The van der Waals surface area contributed by atoms with Gasteiger partial charge in [-0.25, -0.2) is 18.5 Å². The second-order valence-electron chi connectivity index (χ2n) is 5.63. The maximum Gasteiger partial charge on any atom is 0.238 e. The summed E-state index contributed by atoms with van der Waals surface area (Å²) in [6, 6.07) is 17.6. The molecule has 0 radical (unpaired) electrons. The van der Waals surface area contributed by atoms with Crippen molar-refractivity contribution in [3.05, 3.63) is 66.4 Å². The van der Waals surface area contributed by atoms with Crippen molar-refractivity contribution in [3.63, 3.8) is 0 Å². The molecule has 0 fully saturated rings. The fraction of sp³-hybridized carbons (Fsp3) is 0. The van der Waals surface area contributed by atoms with Crippen LogP contribution in [-0.4, -0.2) is 19.6 Å². The van der Waals surface area contributed by atoms with E-state index in [1.54, 1.807) is 30.5 Å². The number of benzene rings is 2. The highest BCUT2D eigenvalue weighted by Gasteiger charge is 2.09. The largest absolute Gasteiger partial charge is 0.455 e. The molecule has 0 aliphatic carbocycles. The monoisotopic (exact) mass is 398 g/mol. The van der Waals surface area contributed by atoms with Gasteiger partial charge in [0.1, 0.15) is 11.5 Å². The molecule has 0 unspecified atom stereocenters. The minimum absolute atomic E-state index is 0.0552. The maximum atomic E-state index is 11.3. The second kappa shape index (κ2) is 6.95. The van der Waals surface area contributed by atoms with Crippen molar-refractivity contribution >= 4 is 42.9 Å². The molecule has 0 aliphatic heterocycles. The highest BCUT2D eigenvalue weighted by Crippen LogP contribution is 2.25. The van der Waals surface area contributed by atoms with Gasteiger partial charge in [0.15, 0.2) is 0 Å². The zero-order valence-corrected chi connectivity index (χ0v) is 15.5. The number of furan rings is 1. The number of nitrogens with one attached hydrogen (secondary N) is 1. The lowest BCUT2D eigenvalue weighted by molar-refractivity contribution is 0.575. The molecule has 136 valence electrons. The van der Waals surface area contributed by atoms with Gasteiger partial charge in [0.25, 0.3) is 0 Å². The van der Waals surface area contributed by atoms with Gasteiger partial charge in [-0.05, 0) is 48.5 Å². The van der Waals surface area contributed by atoms with Crippen LogP contribution in [0.5, 0.6) is 0 Å². The fourth-order valence-corrected chi connectivity index (χ4v) is 3.79. The number of thiazole rings is 1. The molecule has 0 bridgehead atoms. The van der Waals surface area contributed by atoms with E-state index in [2.05, 4.69) is 15.5 Å². The number of aromatic nitrogens is 1. The number of hydrogen-bond donors (Lipinski definition) is 2. The van der Waals surface area contributed by atoms with Crippen molar-refractivity contribution in [3.8, 4) is 11.3 Å². The molecule has 27 heavy (non-hydrogen) atoms. The second-order valence-corrected chi connectivity index (χ2v) is 8.22. The smallest absolute Gasteiger partial charge is 0.238 e. The summed E-state index contributed by atoms with van der Waals surface area (Å²) in [5, 5.41) is 9.93. The molecule has 4 rings (SSSR count). The zero-order valence-electron chi connectivity index (χ0n) is 13.9. The minimum atomic E-state index is -3.71. The number of rotatable bonds is 5. The standard InChI is InChI=1S/C18H14N4O3S2/c19-27(23,24)14-8-5-12(6-9-14)16-10-7-13(25-16)11-20-22-18-21-15-3-1-2-4-17(15)26-18/h1-11H,(H,21,22)(H2,19,23,24)/b20-11-. The Bertz CT molecular complexity index is 1190. The number of anilines is 1. The quantitative estimate of drug-likeness (QED) is 0.394. The SMILES string of the molecule is NS(=O)(=O)c1ccc(-c2ccc(/C=N\Nc3nc4ccccc4s3)o2)cc1. The van der Waals surface area contributed by atoms with Gasteiger partial charge in [0, 0.05) is 5.56 Å². The lowest BCUT2D eigenvalue weighted by Gasteiger charge is -2.00. The number of hydrogen-bond acceptors (Lipinski definition) is 7. The van der Waals surface area contributed by atoms with E-state index in [-0.39, 0.29) is 4.90 Å². The average Bonchev–Trinajstić information content (AvgIpc) is 3.27. The van der Waals surface area contributed by atoms with E-state index in [0.717, 1.165) is 15.8 Å². The zero-order chi connectivity index (χ0) is 18.9. The van der Waals surface area contributed by atoms with Gasteiger partial charge in [-0.3, -0.25) is 5.43 Å². The van der Waals surface area contributed by atoms with Crippen molar-refractivity contribution in [1.29, 1.82) is 0 Å².